The highest BCUT2D eigenvalue weighted by Gasteiger charge is 2.18. The van der Waals surface area contributed by atoms with Crippen LogP contribution in [0, 0.1) is 0 Å². The van der Waals surface area contributed by atoms with E-state index in [2.05, 4.69) is 22.9 Å². The summed E-state index contributed by atoms with van der Waals surface area (Å²) in [5, 5.41) is 0. The van der Waals surface area contributed by atoms with E-state index in [9.17, 15) is 8.42 Å². The molecule has 0 aliphatic rings. The largest absolute Gasteiger partial charge is 0.492 e. The van der Waals surface area contributed by atoms with Gasteiger partial charge in [-0.15, -0.1) is 0 Å². The molecule has 1 rings (SSSR count). The summed E-state index contributed by atoms with van der Waals surface area (Å²) in [7, 11) is -0.396. The van der Waals surface area contributed by atoms with E-state index >= 15 is 0 Å². The first-order valence-electron chi connectivity index (χ1n) is 5.74. The molecule has 0 N–H and O–H groups in total. The molecule has 0 saturated heterocycles. The third-order valence-corrected chi connectivity index (χ3v) is 4.90. The standard InChI is InChI=1S/C12H18BrNO3S/c1-4-5-8-17-12-9-10(6-7-11(12)13)18(15,16)14(2)3/h6-7,9H,4-5,8H2,1-3H3. The summed E-state index contributed by atoms with van der Waals surface area (Å²) in [4.78, 5) is 0.238. The second-order valence-electron chi connectivity index (χ2n) is 4.08. The summed E-state index contributed by atoms with van der Waals surface area (Å²) in [6, 6.07) is 4.80. The van der Waals surface area contributed by atoms with E-state index in [1.54, 1.807) is 18.2 Å². The first-order valence-corrected chi connectivity index (χ1v) is 7.97. The van der Waals surface area contributed by atoms with Crippen LogP contribution in [0.5, 0.6) is 5.75 Å². The Hall–Kier alpha value is -0.590. The van der Waals surface area contributed by atoms with Gasteiger partial charge in [0.25, 0.3) is 0 Å². The fourth-order valence-corrected chi connectivity index (χ4v) is 2.57. The van der Waals surface area contributed by atoms with Gasteiger partial charge >= 0.3 is 0 Å². The minimum Gasteiger partial charge on any atom is -0.492 e. The van der Waals surface area contributed by atoms with Crippen LogP contribution in [0.4, 0.5) is 0 Å². The van der Waals surface area contributed by atoms with Crippen LogP contribution in [0.3, 0.4) is 0 Å². The third kappa shape index (κ3) is 3.70. The van der Waals surface area contributed by atoms with E-state index in [-0.39, 0.29) is 4.90 Å². The minimum absolute atomic E-state index is 0.238. The van der Waals surface area contributed by atoms with Gasteiger partial charge < -0.3 is 4.74 Å². The van der Waals surface area contributed by atoms with Gasteiger partial charge in [-0.05, 0) is 34.5 Å². The Kier molecular flexibility index (Phi) is 5.62. The van der Waals surface area contributed by atoms with Gasteiger partial charge in [0.2, 0.25) is 10.0 Å². The summed E-state index contributed by atoms with van der Waals surface area (Å²) in [5.41, 5.74) is 0. The topological polar surface area (TPSA) is 46.6 Å². The minimum atomic E-state index is -3.41. The number of hydrogen-bond acceptors (Lipinski definition) is 3. The Morgan fingerprint density at radius 2 is 2.00 bits per heavy atom. The maximum Gasteiger partial charge on any atom is 0.242 e. The second-order valence-corrected chi connectivity index (χ2v) is 7.09. The molecule has 0 amide bonds. The lowest BCUT2D eigenvalue weighted by Crippen LogP contribution is -2.22. The van der Waals surface area contributed by atoms with Crippen LogP contribution in [0.15, 0.2) is 27.6 Å². The van der Waals surface area contributed by atoms with Crippen molar-refractivity contribution in [2.24, 2.45) is 0 Å². The Morgan fingerprint density at radius 1 is 1.33 bits per heavy atom. The molecule has 0 aromatic heterocycles. The molecule has 0 aliphatic carbocycles. The van der Waals surface area contributed by atoms with Gasteiger partial charge in [-0.2, -0.15) is 0 Å². The Labute approximate surface area is 117 Å². The number of nitrogens with zero attached hydrogens (tertiary/aromatic N) is 1. The number of rotatable bonds is 6. The monoisotopic (exact) mass is 335 g/mol. The third-order valence-electron chi connectivity index (χ3n) is 2.44. The molecule has 4 nitrogen and oxygen atoms in total. The smallest absolute Gasteiger partial charge is 0.242 e. The first-order chi connectivity index (χ1) is 8.39. The molecule has 0 saturated carbocycles. The van der Waals surface area contributed by atoms with E-state index in [0.717, 1.165) is 17.3 Å². The predicted molar refractivity (Wildman–Crippen MR) is 75.4 cm³/mol. The van der Waals surface area contributed by atoms with Crippen molar-refractivity contribution in [1.29, 1.82) is 0 Å². The summed E-state index contributed by atoms with van der Waals surface area (Å²) < 4.78 is 31.5. The molecular formula is C12H18BrNO3S. The van der Waals surface area contributed by atoms with Gasteiger partial charge in [0, 0.05) is 20.2 Å². The summed E-state index contributed by atoms with van der Waals surface area (Å²) >= 11 is 3.35. The van der Waals surface area contributed by atoms with Gasteiger partial charge in [0.1, 0.15) is 5.75 Å². The lowest BCUT2D eigenvalue weighted by molar-refractivity contribution is 0.306. The van der Waals surface area contributed by atoms with Gasteiger partial charge in [0.05, 0.1) is 16.0 Å². The van der Waals surface area contributed by atoms with Crippen LogP contribution < -0.4 is 4.74 Å². The molecular weight excluding hydrogens is 318 g/mol. The number of ether oxygens (including phenoxy) is 1. The average molecular weight is 336 g/mol. The normalized spacial score (nSPS) is 11.8. The Bertz CT molecular complexity index is 500. The van der Waals surface area contributed by atoms with Gasteiger partial charge in [0.15, 0.2) is 0 Å². The van der Waals surface area contributed by atoms with Gasteiger partial charge in [-0.25, -0.2) is 12.7 Å². The summed E-state index contributed by atoms with van der Waals surface area (Å²) in [6.45, 7) is 2.66. The van der Waals surface area contributed by atoms with E-state index in [1.807, 2.05) is 0 Å². The fraction of sp³-hybridized carbons (Fsp3) is 0.500. The average Bonchev–Trinajstić information content (AvgIpc) is 2.31. The van der Waals surface area contributed by atoms with Gasteiger partial charge in [-0.1, -0.05) is 13.3 Å². The zero-order chi connectivity index (χ0) is 13.8. The molecule has 0 radical (unpaired) electrons. The van der Waals surface area contributed by atoms with E-state index in [1.165, 1.54) is 18.4 Å². The molecule has 0 spiro atoms. The summed E-state index contributed by atoms with van der Waals surface area (Å²) in [6.07, 6.45) is 1.98. The van der Waals surface area contributed by atoms with Crippen molar-refractivity contribution >= 4 is 26.0 Å². The van der Waals surface area contributed by atoms with E-state index < -0.39 is 10.0 Å². The molecule has 0 bridgehead atoms. The fourth-order valence-electron chi connectivity index (χ4n) is 1.29. The first kappa shape index (κ1) is 15.5. The van der Waals surface area contributed by atoms with Crippen molar-refractivity contribution in [3.63, 3.8) is 0 Å². The molecule has 0 unspecified atom stereocenters. The molecule has 0 atom stereocenters. The van der Waals surface area contributed by atoms with Crippen molar-refractivity contribution in [2.45, 2.75) is 24.7 Å². The van der Waals surface area contributed by atoms with Crippen molar-refractivity contribution in [3.8, 4) is 5.75 Å². The number of benzene rings is 1. The van der Waals surface area contributed by atoms with Crippen LogP contribution in [0.2, 0.25) is 0 Å². The van der Waals surface area contributed by atoms with Crippen LogP contribution >= 0.6 is 15.9 Å². The van der Waals surface area contributed by atoms with Crippen molar-refractivity contribution in [2.75, 3.05) is 20.7 Å². The molecule has 18 heavy (non-hydrogen) atoms. The van der Waals surface area contributed by atoms with Crippen LogP contribution in [-0.2, 0) is 10.0 Å². The number of hydrogen-bond donors (Lipinski definition) is 0. The van der Waals surface area contributed by atoms with Crippen LogP contribution in [0.1, 0.15) is 19.8 Å². The highest BCUT2D eigenvalue weighted by molar-refractivity contribution is 9.10. The van der Waals surface area contributed by atoms with Crippen molar-refractivity contribution in [1.82, 2.24) is 4.31 Å². The zero-order valence-electron chi connectivity index (χ0n) is 10.8. The number of halogens is 1. The number of sulfonamides is 1. The number of unbranched alkanes of at least 4 members (excludes halogenated alkanes) is 1. The maximum atomic E-state index is 12.0. The molecule has 102 valence electrons. The zero-order valence-corrected chi connectivity index (χ0v) is 13.2. The lowest BCUT2D eigenvalue weighted by atomic mass is 10.3. The second kappa shape index (κ2) is 6.54. The predicted octanol–water partition coefficient (Wildman–Crippen LogP) is 2.88. The SMILES string of the molecule is CCCCOc1cc(S(=O)(=O)N(C)C)ccc1Br. The molecule has 0 fully saturated rings. The maximum absolute atomic E-state index is 12.0. The molecule has 1 aromatic rings. The van der Waals surface area contributed by atoms with Crippen LogP contribution in [-0.4, -0.2) is 33.4 Å². The Balaban J connectivity index is 3.01. The van der Waals surface area contributed by atoms with Crippen LogP contribution in [0.25, 0.3) is 0 Å². The molecule has 0 heterocycles. The Morgan fingerprint density at radius 3 is 2.56 bits per heavy atom. The highest BCUT2D eigenvalue weighted by atomic mass is 79.9. The lowest BCUT2D eigenvalue weighted by Gasteiger charge is -2.13. The molecule has 1 aromatic carbocycles. The van der Waals surface area contributed by atoms with Crippen molar-refractivity contribution in [3.05, 3.63) is 22.7 Å². The van der Waals surface area contributed by atoms with E-state index in [0.29, 0.717) is 12.4 Å². The summed E-state index contributed by atoms with van der Waals surface area (Å²) in [5.74, 6) is 0.561. The van der Waals surface area contributed by atoms with Crippen molar-refractivity contribution < 1.29 is 13.2 Å². The molecule has 6 heteroatoms. The van der Waals surface area contributed by atoms with E-state index in [4.69, 9.17) is 4.74 Å². The highest BCUT2D eigenvalue weighted by Crippen LogP contribution is 2.28. The quantitative estimate of drug-likeness (QED) is 0.751. The molecule has 0 aliphatic heterocycles. The van der Waals surface area contributed by atoms with Gasteiger partial charge in [-0.3, -0.25) is 0 Å².